The molecule has 79 heavy (non-hydrogen) atoms. The summed E-state index contributed by atoms with van der Waals surface area (Å²) in [5.74, 6) is -0.198. The van der Waals surface area contributed by atoms with Crippen LogP contribution in [-0.2, 0) is 23.7 Å². The van der Waals surface area contributed by atoms with Gasteiger partial charge in [-0.2, -0.15) is 0 Å². The van der Waals surface area contributed by atoms with Crippen LogP contribution in [-0.4, -0.2) is 140 Å². The van der Waals surface area contributed by atoms with Crippen molar-refractivity contribution in [2.45, 2.75) is 389 Å². The quantitative estimate of drug-likeness (QED) is 0.0259. The zero-order valence-electron chi connectivity index (χ0n) is 50.9. The number of ether oxygens (including phenoxy) is 4. The molecule has 470 valence electrons. The minimum absolute atomic E-state index is 0.198. The van der Waals surface area contributed by atoms with Gasteiger partial charge in [-0.25, -0.2) is 0 Å². The lowest BCUT2D eigenvalue weighted by Crippen LogP contribution is -2.65. The summed E-state index contributed by atoms with van der Waals surface area (Å²) in [6.07, 6.45) is 42.6. The Morgan fingerprint density at radius 2 is 0.722 bits per heavy atom. The number of hydrogen-bond donors (Lipinski definition) is 9. The molecule has 2 fully saturated rings. The van der Waals surface area contributed by atoms with Crippen LogP contribution in [0.4, 0.5) is 0 Å². The Kier molecular flexibility index (Phi) is 48.2. The van der Waals surface area contributed by atoms with E-state index in [9.17, 15) is 45.6 Å². The number of carbonyl (C=O) groups is 1. The average molecular weight is 1130 g/mol. The summed E-state index contributed by atoms with van der Waals surface area (Å²) < 4.78 is 22.9. The van der Waals surface area contributed by atoms with Crippen LogP contribution in [0.1, 0.15) is 316 Å². The highest BCUT2D eigenvalue weighted by Gasteiger charge is 2.51. The predicted molar refractivity (Wildman–Crippen MR) is 319 cm³/mol. The van der Waals surface area contributed by atoms with Crippen molar-refractivity contribution in [3.63, 3.8) is 0 Å². The minimum Gasteiger partial charge on any atom is -0.394 e. The molecule has 2 aliphatic rings. The number of rotatable bonds is 56. The first kappa shape index (κ1) is 74.1. The fourth-order valence-corrected chi connectivity index (χ4v) is 11.7. The van der Waals surface area contributed by atoms with Crippen molar-refractivity contribution >= 4 is 5.91 Å². The second-order valence-electron chi connectivity index (χ2n) is 24.3. The molecule has 0 radical (unpaired) electrons. The summed E-state index contributed by atoms with van der Waals surface area (Å²) in [7, 11) is 0. The maximum Gasteiger partial charge on any atom is 0.220 e. The van der Waals surface area contributed by atoms with E-state index < -0.39 is 86.8 Å². The van der Waals surface area contributed by atoms with Crippen molar-refractivity contribution < 1.29 is 64.6 Å². The first-order valence-electron chi connectivity index (χ1n) is 33.8. The Morgan fingerprint density at radius 1 is 0.405 bits per heavy atom. The average Bonchev–Trinajstić information content (AvgIpc) is 3.46. The summed E-state index contributed by atoms with van der Waals surface area (Å²) in [5.41, 5.74) is 0. The fourth-order valence-electron chi connectivity index (χ4n) is 11.7. The molecule has 14 heteroatoms. The third-order valence-electron chi connectivity index (χ3n) is 17.1. The molecule has 1 amide bonds. The van der Waals surface area contributed by atoms with Gasteiger partial charge in [-0.1, -0.05) is 296 Å². The molecule has 2 rings (SSSR count). The number of hydrogen-bond acceptors (Lipinski definition) is 13. The molecule has 0 aromatic carbocycles. The van der Waals surface area contributed by atoms with Gasteiger partial charge in [-0.15, -0.1) is 0 Å². The Labute approximate surface area is 483 Å². The molecule has 2 saturated heterocycles. The summed E-state index contributed by atoms with van der Waals surface area (Å²) in [6, 6.07) is -0.823. The van der Waals surface area contributed by atoms with Gasteiger partial charge in [-0.3, -0.25) is 4.79 Å². The first-order chi connectivity index (χ1) is 38.6. The second kappa shape index (κ2) is 51.4. The van der Waals surface area contributed by atoms with E-state index in [1.54, 1.807) is 0 Å². The molecular weight excluding hydrogens is 1000 g/mol. The van der Waals surface area contributed by atoms with E-state index in [2.05, 4.69) is 19.2 Å². The molecule has 0 saturated carbocycles. The van der Waals surface area contributed by atoms with Crippen LogP contribution in [0.2, 0.25) is 0 Å². The topological polar surface area (TPSA) is 228 Å². The number of amides is 1. The van der Waals surface area contributed by atoms with E-state index in [4.69, 9.17) is 18.9 Å². The van der Waals surface area contributed by atoms with Gasteiger partial charge in [0.15, 0.2) is 12.6 Å². The predicted octanol–water partition coefficient (Wildman–Crippen LogP) is 12.8. The van der Waals surface area contributed by atoms with E-state index in [0.717, 1.165) is 51.4 Å². The van der Waals surface area contributed by atoms with Crippen molar-refractivity contribution in [1.29, 1.82) is 0 Å². The molecular formula is C65H127NO13. The second-order valence-corrected chi connectivity index (χ2v) is 24.3. The van der Waals surface area contributed by atoms with Gasteiger partial charge in [0.1, 0.15) is 48.8 Å². The van der Waals surface area contributed by atoms with Gasteiger partial charge >= 0.3 is 0 Å². The van der Waals surface area contributed by atoms with Crippen LogP contribution < -0.4 is 5.32 Å². The highest BCUT2D eigenvalue weighted by Crippen LogP contribution is 2.30. The number of unbranched alkanes of at least 4 members (excludes halogenated alkanes) is 43. The van der Waals surface area contributed by atoms with Crippen LogP contribution >= 0.6 is 0 Å². The molecule has 0 aromatic heterocycles. The van der Waals surface area contributed by atoms with Crippen LogP contribution in [0.3, 0.4) is 0 Å². The smallest absolute Gasteiger partial charge is 0.220 e. The van der Waals surface area contributed by atoms with E-state index in [1.165, 1.54) is 238 Å². The minimum atomic E-state index is -1.78. The van der Waals surface area contributed by atoms with Crippen molar-refractivity contribution in [3.8, 4) is 0 Å². The number of aliphatic hydroxyl groups is 8. The molecule has 12 unspecified atom stereocenters. The highest BCUT2D eigenvalue weighted by atomic mass is 16.7. The molecule has 12 atom stereocenters. The van der Waals surface area contributed by atoms with Gasteiger partial charge in [0.25, 0.3) is 0 Å². The summed E-state index contributed by atoms with van der Waals surface area (Å²) >= 11 is 0. The van der Waals surface area contributed by atoms with Crippen molar-refractivity contribution in [1.82, 2.24) is 5.32 Å². The summed E-state index contributed by atoms with van der Waals surface area (Å²) in [4.78, 5) is 13.3. The maximum atomic E-state index is 13.3. The third-order valence-corrected chi connectivity index (χ3v) is 17.1. The van der Waals surface area contributed by atoms with Crippen molar-refractivity contribution in [2.24, 2.45) is 0 Å². The fraction of sp³-hybridized carbons (Fsp3) is 0.985. The number of aliphatic hydroxyl groups excluding tert-OH is 8. The molecule has 9 N–H and O–H groups in total. The van der Waals surface area contributed by atoms with Crippen molar-refractivity contribution in [3.05, 3.63) is 0 Å². The largest absolute Gasteiger partial charge is 0.394 e. The lowest BCUT2D eigenvalue weighted by atomic mass is 9.97. The monoisotopic (exact) mass is 1130 g/mol. The van der Waals surface area contributed by atoms with Gasteiger partial charge in [0, 0.05) is 6.42 Å². The molecule has 2 aliphatic heterocycles. The van der Waals surface area contributed by atoms with Crippen LogP contribution in [0, 0.1) is 0 Å². The summed E-state index contributed by atoms with van der Waals surface area (Å²) in [6.45, 7) is 2.92. The molecule has 0 bridgehead atoms. The standard InChI is InChI=1S/C65H127NO13/c1-3-5-7-9-11-13-15-17-19-21-22-23-24-25-26-27-28-29-30-31-33-35-37-39-41-43-45-47-49-57(70)66-53(54(69)48-46-44-42-40-38-36-34-32-20-18-16-14-12-10-8-6-4-2)52-76-64-62(75)60(73)63(56(51-68)78-64)79-65-61(74)59(72)58(71)55(50-67)77-65/h53-56,58-65,67-69,71-75H,3-52H2,1-2H3,(H,66,70). The lowest BCUT2D eigenvalue weighted by Gasteiger charge is -2.46. The number of carbonyl (C=O) groups excluding carboxylic acids is 1. The molecule has 0 aromatic rings. The van der Waals surface area contributed by atoms with Gasteiger partial charge < -0.3 is 65.1 Å². The van der Waals surface area contributed by atoms with Crippen LogP contribution in [0.25, 0.3) is 0 Å². The van der Waals surface area contributed by atoms with Gasteiger partial charge in [-0.05, 0) is 12.8 Å². The van der Waals surface area contributed by atoms with E-state index in [0.29, 0.717) is 12.8 Å². The Bertz CT molecular complexity index is 1330. The van der Waals surface area contributed by atoms with E-state index >= 15 is 0 Å². The van der Waals surface area contributed by atoms with E-state index in [1.807, 2.05) is 0 Å². The Balaban J connectivity index is 1.66. The molecule has 2 heterocycles. The highest BCUT2D eigenvalue weighted by molar-refractivity contribution is 5.76. The summed E-state index contributed by atoms with van der Waals surface area (Å²) in [5, 5.41) is 87.5. The van der Waals surface area contributed by atoms with E-state index in [-0.39, 0.29) is 12.5 Å². The number of nitrogens with one attached hydrogen (secondary N) is 1. The Morgan fingerprint density at radius 3 is 1.08 bits per heavy atom. The van der Waals surface area contributed by atoms with Crippen molar-refractivity contribution in [2.75, 3.05) is 19.8 Å². The first-order valence-corrected chi connectivity index (χ1v) is 33.8. The zero-order valence-corrected chi connectivity index (χ0v) is 50.9. The lowest BCUT2D eigenvalue weighted by molar-refractivity contribution is -0.359. The third kappa shape index (κ3) is 36.4. The Hall–Kier alpha value is -1.01. The van der Waals surface area contributed by atoms with Gasteiger partial charge in [0.2, 0.25) is 5.91 Å². The molecule has 0 spiro atoms. The SMILES string of the molecule is CCCCCCCCCCCCCCCCCCCCCCCCCCCCCCC(=O)NC(COC1OC(CO)C(OC2OC(CO)C(O)C(O)C2O)C(O)C1O)C(O)CCCCCCCCCCCCCCCCCCC. The molecule has 14 nitrogen and oxygen atoms in total. The molecule has 0 aliphatic carbocycles. The van der Waals surface area contributed by atoms with Gasteiger partial charge in [0.05, 0.1) is 32.0 Å². The normalized spacial score (nSPS) is 24.3. The zero-order chi connectivity index (χ0) is 57.4. The van der Waals surface area contributed by atoms with Crippen LogP contribution in [0.5, 0.6) is 0 Å². The maximum absolute atomic E-state index is 13.3. The van der Waals surface area contributed by atoms with Crippen LogP contribution in [0.15, 0.2) is 0 Å².